The van der Waals surface area contributed by atoms with Crippen LogP contribution in [-0.4, -0.2) is 15.6 Å². The van der Waals surface area contributed by atoms with Gasteiger partial charge in [-0.3, -0.25) is 0 Å². The molecule has 2 rings (SSSR count). The van der Waals surface area contributed by atoms with E-state index < -0.39 is 5.97 Å². The molecule has 0 aliphatic heterocycles. The highest BCUT2D eigenvalue weighted by Crippen LogP contribution is 2.36. The van der Waals surface area contributed by atoms with Crippen molar-refractivity contribution in [2.75, 3.05) is 0 Å². The zero-order valence-electron chi connectivity index (χ0n) is 8.61. The number of hydrogen-bond donors (Lipinski definition) is 1. The average Bonchev–Trinajstić information content (AvgIpc) is 2.71. The first-order valence-electron chi connectivity index (χ1n) is 5.20. The molecule has 0 bridgehead atoms. The summed E-state index contributed by atoms with van der Waals surface area (Å²) in [5.74, 6) is -0.233. The summed E-state index contributed by atoms with van der Waals surface area (Å²) in [7, 11) is 0. The van der Waals surface area contributed by atoms with Gasteiger partial charge in [-0.1, -0.05) is 13.3 Å². The first kappa shape index (κ1) is 11.0. The molecule has 0 amide bonds. The maximum Gasteiger partial charge on any atom is 0.352 e. The summed E-state index contributed by atoms with van der Waals surface area (Å²) in [4.78, 5) is 11.1. The van der Waals surface area contributed by atoms with Crippen LogP contribution in [0.1, 0.15) is 42.7 Å². The number of aromatic nitrogens is 1. The zero-order valence-corrected chi connectivity index (χ0v) is 10.8. The van der Waals surface area contributed by atoms with Gasteiger partial charge in [0.25, 0.3) is 0 Å². The smallest absolute Gasteiger partial charge is 0.352 e. The van der Waals surface area contributed by atoms with Crippen molar-refractivity contribution in [1.29, 1.82) is 0 Å². The lowest BCUT2D eigenvalue weighted by atomic mass is 10.1. The van der Waals surface area contributed by atoms with Gasteiger partial charge in [-0.25, -0.2) is 4.79 Å². The van der Waals surface area contributed by atoms with Crippen molar-refractivity contribution >= 4 is 28.6 Å². The summed E-state index contributed by atoms with van der Waals surface area (Å²) in [6.07, 6.45) is 5.47. The SMILES string of the molecule is CC1CCCC1n1cc(I)cc1C(=O)O. The maximum absolute atomic E-state index is 11.1. The third kappa shape index (κ3) is 2.04. The Morgan fingerprint density at radius 3 is 2.87 bits per heavy atom. The molecule has 0 radical (unpaired) electrons. The van der Waals surface area contributed by atoms with Crippen LogP contribution < -0.4 is 0 Å². The van der Waals surface area contributed by atoms with Gasteiger partial charge in [0.1, 0.15) is 5.69 Å². The standard InChI is InChI=1S/C11H14INO2/c1-7-3-2-4-9(7)13-6-8(12)5-10(13)11(14)15/h5-7,9H,2-4H2,1H3,(H,14,15). The third-order valence-electron chi connectivity index (χ3n) is 3.21. The molecule has 1 aliphatic rings. The summed E-state index contributed by atoms with van der Waals surface area (Å²) in [6, 6.07) is 2.12. The molecule has 1 aromatic heterocycles. The Labute approximate surface area is 103 Å². The monoisotopic (exact) mass is 319 g/mol. The minimum Gasteiger partial charge on any atom is -0.477 e. The fourth-order valence-corrected chi connectivity index (χ4v) is 3.03. The lowest BCUT2D eigenvalue weighted by Gasteiger charge is -2.19. The van der Waals surface area contributed by atoms with Crippen molar-refractivity contribution in [1.82, 2.24) is 4.57 Å². The molecular formula is C11H14INO2. The van der Waals surface area contributed by atoms with Gasteiger partial charge in [-0.05, 0) is 47.4 Å². The van der Waals surface area contributed by atoms with E-state index in [1.165, 1.54) is 12.8 Å². The highest BCUT2D eigenvalue weighted by Gasteiger charge is 2.27. The molecule has 1 aromatic rings. The van der Waals surface area contributed by atoms with E-state index in [2.05, 4.69) is 29.5 Å². The second-order valence-electron chi connectivity index (χ2n) is 4.23. The van der Waals surface area contributed by atoms with Gasteiger partial charge in [0.15, 0.2) is 0 Å². The van der Waals surface area contributed by atoms with Crippen LogP contribution in [0.25, 0.3) is 0 Å². The van der Waals surface area contributed by atoms with Crippen LogP contribution in [-0.2, 0) is 0 Å². The topological polar surface area (TPSA) is 42.2 Å². The van der Waals surface area contributed by atoms with Gasteiger partial charge < -0.3 is 9.67 Å². The number of carboxylic acids is 1. The van der Waals surface area contributed by atoms with Crippen LogP contribution in [0.3, 0.4) is 0 Å². The number of nitrogens with zero attached hydrogens (tertiary/aromatic N) is 1. The summed E-state index contributed by atoms with van der Waals surface area (Å²) >= 11 is 2.17. The molecule has 1 aliphatic carbocycles. The number of carbonyl (C=O) groups is 1. The van der Waals surface area contributed by atoms with Crippen molar-refractivity contribution < 1.29 is 9.90 Å². The zero-order chi connectivity index (χ0) is 11.0. The quantitative estimate of drug-likeness (QED) is 0.851. The largest absolute Gasteiger partial charge is 0.477 e. The molecule has 3 nitrogen and oxygen atoms in total. The Kier molecular flexibility index (Phi) is 3.04. The molecule has 0 spiro atoms. The van der Waals surface area contributed by atoms with E-state index in [1.54, 1.807) is 6.07 Å². The van der Waals surface area contributed by atoms with E-state index in [4.69, 9.17) is 5.11 Å². The fourth-order valence-electron chi connectivity index (χ4n) is 2.43. The van der Waals surface area contributed by atoms with E-state index in [0.29, 0.717) is 17.7 Å². The van der Waals surface area contributed by atoms with E-state index in [0.717, 1.165) is 9.99 Å². The second-order valence-corrected chi connectivity index (χ2v) is 5.48. The van der Waals surface area contributed by atoms with Crippen LogP contribution in [0.5, 0.6) is 0 Å². The number of rotatable bonds is 2. The summed E-state index contributed by atoms with van der Waals surface area (Å²) < 4.78 is 2.95. The molecule has 2 atom stereocenters. The van der Waals surface area contributed by atoms with Crippen LogP contribution in [0.2, 0.25) is 0 Å². The lowest BCUT2D eigenvalue weighted by Crippen LogP contribution is -2.16. The van der Waals surface area contributed by atoms with Crippen molar-refractivity contribution in [3.05, 3.63) is 21.5 Å². The minimum absolute atomic E-state index is 0.375. The summed E-state index contributed by atoms with van der Waals surface area (Å²) in [5.41, 5.74) is 0.429. The van der Waals surface area contributed by atoms with Gasteiger partial charge in [0.05, 0.1) is 0 Å². The first-order chi connectivity index (χ1) is 7.09. The van der Waals surface area contributed by atoms with Crippen molar-refractivity contribution in [3.8, 4) is 0 Å². The molecule has 15 heavy (non-hydrogen) atoms. The van der Waals surface area contributed by atoms with Gasteiger partial charge in [-0.2, -0.15) is 0 Å². The number of hydrogen-bond acceptors (Lipinski definition) is 1. The number of carboxylic acid groups (broad SMARTS) is 1. The molecule has 4 heteroatoms. The second kappa shape index (κ2) is 4.15. The first-order valence-corrected chi connectivity index (χ1v) is 6.28. The van der Waals surface area contributed by atoms with E-state index >= 15 is 0 Å². The Morgan fingerprint density at radius 2 is 2.33 bits per heavy atom. The Bertz CT molecular complexity index is 386. The minimum atomic E-state index is -0.822. The van der Waals surface area contributed by atoms with Gasteiger partial charge in [-0.15, -0.1) is 0 Å². The Balaban J connectivity index is 2.38. The molecular weight excluding hydrogens is 305 g/mol. The van der Waals surface area contributed by atoms with Crippen LogP contribution >= 0.6 is 22.6 Å². The molecule has 1 fully saturated rings. The number of halogens is 1. The van der Waals surface area contributed by atoms with E-state index in [-0.39, 0.29) is 0 Å². The van der Waals surface area contributed by atoms with Crippen LogP contribution in [0.15, 0.2) is 12.3 Å². The molecule has 1 N–H and O–H groups in total. The predicted octanol–water partition coefficient (Wildman–Crippen LogP) is 3.15. The highest BCUT2D eigenvalue weighted by molar-refractivity contribution is 14.1. The maximum atomic E-state index is 11.1. The average molecular weight is 319 g/mol. The van der Waals surface area contributed by atoms with E-state index in [9.17, 15) is 4.79 Å². The van der Waals surface area contributed by atoms with Crippen molar-refractivity contribution in [2.24, 2.45) is 5.92 Å². The normalized spacial score (nSPS) is 25.7. The molecule has 1 saturated carbocycles. The van der Waals surface area contributed by atoms with Crippen LogP contribution in [0.4, 0.5) is 0 Å². The highest BCUT2D eigenvalue weighted by atomic mass is 127. The summed E-state index contributed by atoms with van der Waals surface area (Å²) in [5, 5.41) is 9.10. The van der Waals surface area contributed by atoms with Gasteiger partial charge >= 0.3 is 5.97 Å². The fraction of sp³-hybridized carbons (Fsp3) is 0.545. The van der Waals surface area contributed by atoms with Gasteiger partial charge in [0, 0.05) is 15.8 Å². The van der Waals surface area contributed by atoms with Crippen LogP contribution in [0, 0.1) is 9.49 Å². The van der Waals surface area contributed by atoms with Gasteiger partial charge in [0.2, 0.25) is 0 Å². The molecule has 2 unspecified atom stereocenters. The Hall–Kier alpha value is -0.520. The van der Waals surface area contributed by atoms with E-state index in [1.807, 2.05) is 10.8 Å². The Morgan fingerprint density at radius 1 is 1.60 bits per heavy atom. The lowest BCUT2D eigenvalue weighted by molar-refractivity contribution is 0.0681. The number of aromatic carboxylic acids is 1. The summed E-state index contributed by atoms with van der Waals surface area (Å²) in [6.45, 7) is 2.20. The molecule has 0 saturated heterocycles. The predicted molar refractivity (Wildman–Crippen MR) is 66.2 cm³/mol. The molecule has 0 aromatic carbocycles. The van der Waals surface area contributed by atoms with Crippen molar-refractivity contribution in [2.45, 2.75) is 32.2 Å². The molecule has 82 valence electrons. The third-order valence-corrected chi connectivity index (χ3v) is 3.80. The van der Waals surface area contributed by atoms with Crippen molar-refractivity contribution in [3.63, 3.8) is 0 Å². The molecule has 1 heterocycles.